The van der Waals surface area contributed by atoms with Gasteiger partial charge in [0.2, 0.25) is 0 Å². The zero-order valence-corrected chi connectivity index (χ0v) is 9.17. The first-order chi connectivity index (χ1) is 5.97. The second-order valence-corrected chi connectivity index (χ2v) is 4.99. The lowest BCUT2D eigenvalue weighted by Gasteiger charge is -2.34. The maximum absolute atomic E-state index is 8.65. The molecule has 2 heteroatoms. The molecule has 0 radical (unpaired) electrons. The average molecular weight is 180 g/mol. The van der Waals surface area contributed by atoms with Crippen molar-refractivity contribution in [1.82, 2.24) is 4.90 Å². The summed E-state index contributed by atoms with van der Waals surface area (Å²) in [6, 6.07) is 2.88. The van der Waals surface area contributed by atoms with Crippen molar-refractivity contribution >= 4 is 0 Å². The minimum Gasteiger partial charge on any atom is -0.295 e. The first-order valence-corrected chi connectivity index (χ1v) is 5.11. The zero-order chi connectivity index (χ0) is 10.1. The quantitative estimate of drug-likeness (QED) is 0.652. The standard InChI is InChI=1S/C11H20N2/c1-9(2)13-8-10(5-6-12)7-11(13,3)4/h9-10H,5,7-8H2,1-4H3. The topological polar surface area (TPSA) is 27.0 Å². The predicted octanol–water partition coefficient (Wildman–Crippen LogP) is 2.41. The van der Waals surface area contributed by atoms with Crippen LogP contribution in [0.2, 0.25) is 0 Å². The molecule has 0 saturated carbocycles. The summed E-state index contributed by atoms with van der Waals surface area (Å²) in [5.41, 5.74) is 0.287. The van der Waals surface area contributed by atoms with Crippen LogP contribution in [-0.2, 0) is 0 Å². The summed E-state index contributed by atoms with van der Waals surface area (Å²) < 4.78 is 0. The van der Waals surface area contributed by atoms with Crippen molar-refractivity contribution in [3.8, 4) is 6.07 Å². The minimum atomic E-state index is 0.287. The van der Waals surface area contributed by atoms with Gasteiger partial charge in [-0.15, -0.1) is 0 Å². The zero-order valence-electron chi connectivity index (χ0n) is 9.17. The molecule has 1 rings (SSSR count). The summed E-state index contributed by atoms with van der Waals surface area (Å²) in [5.74, 6) is 0.586. The van der Waals surface area contributed by atoms with Crippen LogP contribution in [0.3, 0.4) is 0 Å². The Balaban J connectivity index is 2.63. The Morgan fingerprint density at radius 3 is 2.54 bits per heavy atom. The third kappa shape index (κ3) is 2.22. The Labute approximate surface area is 81.5 Å². The van der Waals surface area contributed by atoms with Crippen molar-refractivity contribution in [2.75, 3.05) is 6.54 Å². The van der Waals surface area contributed by atoms with Gasteiger partial charge >= 0.3 is 0 Å². The van der Waals surface area contributed by atoms with Gasteiger partial charge in [0, 0.05) is 24.5 Å². The molecule has 1 fully saturated rings. The highest BCUT2D eigenvalue weighted by atomic mass is 15.2. The van der Waals surface area contributed by atoms with E-state index in [4.69, 9.17) is 5.26 Å². The Bertz CT molecular complexity index is 213. The highest BCUT2D eigenvalue weighted by molar-refractivity contribution is 4.96. The van der Waals surface area contributed by atoms with Crippen molar-refractivity contribution in [2.24, 2.45) is 5.92 Å². The van der Waals surface area contributed by atoms with Crippen molar-refractivity contribution < 1.29 is 0 Å². The largest absolute Gasteiger partial charge is 0.295 e. The summed E-state index contributed by atoms with van der Waals surface area (Å²) in [7, 11) is 0. The van der Waals surface area contributed by atoms with Crippen LogP contribution in [0, 0.1) is 17.2 Å². The summed E-state index contributed by atoms with van der Waals surface area (Å²) in [6.07, 6.45) is 1.88. The van der Waals surface area contributed by atoms with Gasteiger partial charge in [0.05, 0.1) is 6.07 Å². The van der Waals surface area contributed by atoms with Gasteiger partial charge in [0.25, 0.3) is 0 Å². The highest BCUT2D eigenvalue weighted by Crippen LogP contribution is 2.35. The number of nitrogens with zero attached hydrogens (tertiary/aromatic N) is 2. The molecule has 1 heterocycles. The molecule has 0 bridgehead atoms. The number of rotatable bonds is 2. The van der Waals surface area contributed by atoms with Crippen LogP contribution in [0.25, 0.3) is 0 Å². The van der Waals surface area contributed by atoms with Crippen LogP contribution in [-0.4, -0.2) is 23.0 Å². The molecule has 1 saturated heterocycles. The normalized spacial score (nSPS) is 27.8. The molecule has 1 atom stereocenters. The molecule has 0 aromatic rings. The molecule has 1 aliphatic heterocycles. The van der Waals surface area contributed by atoms with Crippen LogP contribution in [0.4, 0.5) is 0 Å². The van der Waals surface area contributed by atoms with Gasteiger partial charge in [-0.1, -0.05) is 0 Å². The molecule has 0 aliphatic carbocycles. The molecule has 0 aromatic heterocycles. The lowest BCUT2D eigenvalue weighted by Crippen LogP contribution is -2.42. The smallest absolute Gasteiger partial charge is 0.0625 e. The van der Waals surface area contributed by atoms with Crippen LogP contribution in [0.5, 0.6) is 0 Å². The summed E-state index contributed by atoms with van der Waals surface area (Å²) in [6.45, 7) is 10.1. The van der Waals surface area contributed by atoms with E-state index in [9.17, 15) is 0 Å². The number of nitriles is 1. The van der Waals surface area contributed by atoms with Crippen LogP contribution in [0.15, 0.2) is 0 Å². The lowest BCUT2D eigenvalue weighted by molar-refractivity contribution is 0.134. The number of hydrogen-bond acceptors (Lipinski definition) is 2. The fourth-order valence-corrected chi connectivity index (χ4v) is 2.59. The average Bonchev–Trinajstić information content (AvgIpc) is 2.26. The number of likely N-dealkylation sites (tertiary alicyclic amines) is 1. The number of hydrogen-bond donors (Lipinski definition) is 0. The fourth-order valence-electron chi connectivity index (χ4n) is 2.59. The molecule has 13 heavy (non-hydrogen) atoms. The van der Waals surface area contributed by atoms with E-state index in [2.05, 4.69) is 38.7 Å². The van der Waals surface area contributed by atoms with Crippen molar-refractivity contribution in [2.45, 2.75) is 52.1 Å². The Hall–Kier alpha value is -0.550. The third-order valence-electron chi connectivity index (χ3n) is 3.02. The van der Waals surface area contributed by atoms with Gasteiger partial charge in [-0.3, -0.25) is 4.90 Å². The molecule has 74 valence electrons. The maximum Gasteiger partial charge on any atom is 0.0625 e. The van der Waals surface area contributed by atoms with Gasteiger partial charge in [-0.2, -0.15) is 5.26 Å². The van der Waals surface area contributed by atoms with E-state index in [-0.39, 0.29) is 5.54 Å². The van der Waals surface area contributed by atoms with Crippen LogP contribution >= 0.6 is 0 Å². The van der Waals surface area contributed by atoms with Gasteiger partial charge < -0.3 is 0 Å². The molecule has 1 aliphatic rings. The second-order valence-electron chi connectivity index (χ2n) is 4.99. The molecule has 0 amide bonds. The van der Waals surface area contributed by atoms with Crippen LogP contribution < -0.4 is 0 Å². The molecule has 0 spiro atoms. The van der Waals surface area contributed by atoms with E-state index < -0.39 is 0 Å². The van der Waals surface area contributed by atoms with Crippen molar-refractivity contribution in [3.05, 3.63) is 0 Å². The van der Waals surface area contributed by atoms with E-state index in [0.717, 1.165) is 6.54 Å². The predicted molar refractivity (Wildman–Crippen MR) is 54.3 cm³/mol. The summed E-state index contributed by atoms with van der Waals surface area (Å²) in [5, 5.41) is 8.65. The van der Waals surface area contributed by atoms with E-state index in [0.29, 0.717) is 18.4 Å². The SMILES string of the molecule is CC(C)N1CC(CC#N)CC1(C)C. The Kier molecular flexibility index (Phi) is 2.98. The Morgan fingerprint density at radius 1 is 1.54 bits per heavy atom. The molecular formula is C11H20N2. The van der Waals surface area contributed by atoms with E-state index in [1.165, 1.54) is 6.42 Å². The van der Waals surface area contributed by atoms with E-state index in [1.807, 2.05) is 0 Å². The van der Waals surface area contributed by atoms with Gasteiger partial charge in [-0.05, 0) is 40.0 Å². The molecule has 0 N–H and O–H groups in total. The van der Waals surface area contributed by atoms with Gasteiger partial charge in [-0.25, -0.2) is 0 Å². The minimum absolute atomic E-state index is 0.287. The van der Waals surface area contributed by atoms with Crippen molar-refractivity contribution in [3.63, 3.8) is 0 Å². The fraction of sp³-hybridized carbons (Fsp3) is 0.909. The van der Waals surface area contributed by atoms with Gasteiger partial charge in [0.15, 0.2) is 0 Å². The first-order valence-electron chi connectivity index (χ1n) is 5.11. The van der Waals surface area contributed by atoms with Crippen molar-refractivity contribution in [1.29, 1.82) is 5.26 Å². The van der Waals surface area contributed by atoms with E-state index >= 15 is 0 Å². The Morgan fingerprint density at radius 2 is 2.15 bits per heavy atom. The first kappa shape index (κ1) is 10.5. The van der Waals surface area contributed by atoms with E-state index in [1.54, 1.807) is 0 Å². The summed E-state index contributed by atoms with van der Waals surface area (Å²) in [4.78, 5) is 2.51. The molecule has 0 aromatic carbocycles. The molecule has 1 unspecified atom stereocenters. The van der Waals surface area contributed by atoms with Crippen LogP contribution in [0.1, 0.15) is 40.5 Å². The van der Waals surface area contributed by atoms with Gasteiger partial charge in [0.1, 0.15) is 0 Å². The maximum atomic E-state index is 8.65. The molecular weight excluding hydrogens is 160 g/mol. The highest BCUT2D eigenvalue weighted by Gasteiger charge is 2.38. The molecule has 2 nitrogen and oxygen atoms in total. The second kappa shape index (κ2) is 3.67. The monoisotopic (exact) mass is 180 g/mol. The lowest BCUT2D eigenvalue weighted by atomic mass is 9.94. The third-order valence-corrected chi connectivity index (χ3v) is 3.02. The summed E-state index contributed by atoms with van der Waals surface area (Å²) >= 11 is 0.